The van der Waals surface area contributed by atoms with Gasteiger partial charge in [0.25, 0.3) is 0 Å². The van der Waals surface area contributed by atoms with Crippen molar-refractivity contribution in [3.63, 3.8) is 0 Å². The summed E-state index contributed by atoms with van der Waals surface area (Å²) in [6, 6.07) is 28.4. The SMILES string of the molecule is O=C(C[N+]12CCC(CC1)[C@H](OC(=O)C(Nc1ccccc1)c1ccccc1)C2)c1ccccc1.[Cl-]. The molecule has 6 rings (SSSR count). The van der Waals surface area contributed by atoms with Crippen LogP contribution in [0.4, 0.5) is 5.69 Å². The molecule has 3 saturated heterocycles. The molecule has 1 unspecified atom stereocenters. The van der Waals surface area contributed by atoms with Crippen LogP contribution in [0.3, 0.4) is 0 Å². The molecule has 5 nitrogen and oxygen atoms in total. The molecular weight excluding hydrogens is 460 g/mol. The smallest absolute Gasteiger partial charge is 0.333 e. The van der Waals surface area contributed by atoms with Gasteiger partial charge in [-0.3, -0.25) is 4.79 Å². The van der Waals surface area contributed by atoms with Gasteiger partial charge in [0.05, 0.1) is 13.1 Å². The largest absolute Gasteiger partial charge is 1.00 e. The first-order valence-electron chi connectivity index (χ1n) is 12.1. The Morgan fingerprint density at radius 1 is 0.857 bits per heavy atom. The van der Waals surface area contributed by atoms with Crippen LogP contribution in [0.15, 0.2) is 91.0 Å². The number of anilines is 1. The maximum atomic E-state index is 13.5. The third-order valence-corrected chi connectivity index (χ3v) is 7.34. The lowest BCUT2D eigenvalue weighted by Gasteiger charge is -2.51. The molecule has 0 radical (unpaired) electrons. The minimum absolute atomic E-state index is 0. The number of fused-ring (bicyclic) bond motifs is 3. The number of carbonyl (C=O) groups is 2. The molecule has 3 aliphatic rings. The number of carbonyl (C=O) groups excluding carboxylic acids is 2. The van der Waals surface area contributed by atoms with Crippen LogP contribution in [0.2, 0.25) is 0 Å². The number of ether oxygens (including phenoxy) is 1. The number of esters is 1. The van der Waals surface area contributed by atoms with Crippen molar-refractivity contribution >= 4 is 17.4 Å². The van der Waals surface area contributed by atoms with E-state index in [4.69, 9.17) is 4.74 Å². The van der Waals surface area contributed by atoms with Crippen molar-refractivity contribution in [2.45, 2.75) is 25.0 Å². The highest BCUT2D eigenvalue weighted by atomic mass is 35.5. The number of halogens is 1. The lowest BCUT2D eigenvalue weighted by molar-refractivity contribution is -0.938. The fourth-order valence-corrected chi connectivity index (χ4v) is 5.44. The molecule has 0 saturated carbocycles. The van der Waals surface area contributed by atoms with E-state index in [9.17, 15) is 9.59 Å². The Hall–Kier alpha value is -3.15. The Balaban J connectivity index is 0.00000289. The van der Waals surface area contributed by atoms with Gasteiger partial charge in [0.2, 0.25) is 5.78 Å². The predicted octanol–water partition coefficient (Wildman–Crippen LogP) is 1.88. The Kier molecular flexibility index (Phi) is 7.89. The van der Waals surface area contributed by atoms with E-state index in [1.165, 1.54) is 0 Å². The molecule has 35 heavy (non-hydrogen) atoms. The average Bonchev–Trinajstić information content (AvgIpc) is 2.89. The van der Waals surface area contributed by atoms with Crippen LogP contribution in [-0.4, -0.2) is 48.5 Å². The number of Topliss-reactive ketones (excluding diaryl/α,β-unsaturated/α-hetero) is 1. The summed E-state index contributed by atoms with van der Waals surface area (Å²) in [4.78, 5) is 26.5. The normalized spacial score (nSPS) is 23.5. The number of piperidine rings is 3. The monoisotopic (exact) mass is 490 g/mol. The molecule has 2 atom stereocenters. The van der Waals surface area contributed by atoms with Crippen molar-refractivity contribution in [2.24, 2.45) is 5.92 Å². The van der Waals surface area contributed by atoms with E-state index in [0.717, 1.165) is 42.7 Å². The van der Waals surface area contributed by atoms with Gasteiger partial charge in [-0.25, -0.2) is 4.79 Å². The summed E-state index contributed by atoms with van der Waals surface area (Å²) in [6.07, 6.45) is 1.81. The van der Waals surface area contributed by atoms with Gasteiger partial charge in [0.15, 0.2) is 12.1 Å². The first-order chi connectivity index (χ1) is 16.6. The first-order valence-corrected chi connectivity index (χ1v) is 12.1. The molecule has 2 bridgehead atoms. The van der Waals surface area contributed by atoms with Crippen molar-refractivity contribution in [1.82, 2.24) is 0 Å². The van der Waals surface area contributed by atoms with E-state index < -0.39 is 6.04 Å². The topological polar surface area (TPSA) is 55.4 Å². The summed E-state index contributed by atoms with van der Waals surface area (Å²) in [5, 5.41) is 3.36. The minimum Gasteiger partial charge on any atom is -1.00 e. The van der Waals surface area contributed by atoms with Crippen LogP contribution >= 0.6 is 0 Å². The highest BCUT2D eigenvalue weighted by Crippen LogP contribution is 2.36. The number of hydrogen-bond acceptors (Lipinski definition) is 4. The zero-order valence-electron chi connectivity index (χ0n) is 19.7. The maximum Gasteiger partial charge on any atom is 0.333 e. The van der Waals surface area contributed by atoms with Gasteiger partial charge in [-0.2, -0.15) is 0 Å². The van der Waals surface area contributed by atoms with Crippen LogP contribution < -0.4 is 17.7 Å². The van der Waals surface area contributed by atoms with Gasteiger partial charge in [0.1, 0.15) is 13.1 Å². The highest BCUT2D eigenvalue weighted by Gasteiger charge is 2.49. The van der Waals surface area contributed by atoms with Crippen molar-refractivity contribution < 1.29 is 31.2 Å². The van der Waals surface area contributed by atoms with Gasteiger partial charge < -0.3 is 26.9 Å². The van der Waals surface area contributed by atoms with E-state index in [-0.39, 0.29) is 30.3 Å². The van der Waals surface area contributed by atoms with Crippen molar-refractivity contribution in [3.05, 3.63) is 102 Å². The maximum absolute atomic E-state index is 13.5. The summed E-state index contributed by atoms with van der Waals surface area (Å²) in [6.45, 7) is 3.13. The average molecular weight is 491 g/mol. The number of quaternary nitrogens is 1. The fraction of sp³-hybridized carbons (Fsp3) is 0.310. The van der Waals surface area contributed by atoms with Gasteiger partial charge in [-0.1, -0.05) is 78.9 Å². The van der Waals surface area contributed by atoms with E-state index in [2.05, 4.69) is 5.32 Å². The third kappa shape index (κ3) is 5.75. The standard InChI is InChI=1S/C29H31N2O3.ClH/c32-26(22-10-4-1-5-11-22)20-31-18-16-23(17-19-31)27(21-31)34-29(33)28(24-12-6-2-7-13-24)30-25-14-8-3-9-15-25;/h1-15,23,27-28,30H,16-21H2;1H/q+1;/p-1/t23?,27-,28?,31?;/m1./s1. The molecule has 6 heteroatoms. The van der Waals surface area contributed by atoms with Crippen LogP contribution in [0, 0.1) is 5.92 Å². The van der Waals surface area contributed by atoms with Gasteiger partial charge in [0, 0.05) is 30.0 Å². The summed E-state index contributed by atoms with van der Waals surface area (Å²) in [7, 11) is 0. The molecule has 182 valence electrons. The number of nitrogens with one attached hydrogen (secondary N) is 1. The molecule has 0 aromatic heterocycles. The summed E-state index contributed by atoms with van der Waals surface area (Å²) in [5.74, 6) is 0.268. The molecule has 3 aromatic rings. The summed E-state index contributed by atoms with van der Waals surface area (Å²) in [5.41, 5.74) is 2.51. The Morgan fingerprint density at radius 3 is 2.06 bits per heavy atom. The summed E-state index contributed by atoms with van der Waals surface area (Å²) >= 11 is 0. The Morgan fingerprint density at radius 2 is 1.43 bits per heavy atom. The number of rotatable bonds is 8. The van der Waals surface area contributed by atoms with Crippen LogP contribution in [0.5, 0.6) is 0 Å². The van der Waals surface area contributed by atoms with E-state index >= 15 is 0 Å². The fourth-order valence-electron chi connectivity index (χ4n) is 5.44. The zero-order valence-corrected chi connectivity index (χ0v) is 20.4. The second-order valence-corrected chi connectivity index (χ2v) is 9.59. The quantitative estimate of drug-likeness (QED) is 0.297. The second-order valence-electron chi connectivity index (χ2n) is 9.59. The number of nitrogens with zero attached hydrogens (tertiary/aromatic N) is 1. The molecule has 1 N–H and O–H groups in total. The van der Waals surface area contributed by atoms with Crippen molar-refractivity contribution in [3.8, 4) is 0 Å². The van der Waals surface area contributed by atoms with Crippen LogP contribution in [0.1, 0.15) is 34.8 Å². The number of para-hydroxylation sites is 1. The molecule has 0 aliphatic carbocycles. The predicted molar refractivity (Wildman–Crippen MR) is 132 cm³/mol. The highest BCUT2D eigenvalue weighted by molar-refractivity contribution is 5.97. The summed E-state index contributed by atoms with van der Waals surface area (Å²) < 4.78 is 6.91. The van der Waals surface area contributed by atoms with Crippen molar-refractivity contribution in [2.75, 3.05) is 31.5 Å². The third-order valence-electron chi connectivity index (χ3n) is 7.34. The van der Waals surface area contributed by atoms with E-state index in [1.807, 2.05) is 91.0 Å². The zero-order chi connectivity index (χ0) is 23.4. The molecule has 3 heterocycles. The minimum atomic E-state index is -0.585. The molecule has 3 fully saturated rings. The van der Waals surface area contributed by atoms with E-state index in [0.29, 0.717) is 23.5 Å². The second kappa shape index (κ2) is 11.1. The molecule has 0 spiro atoms. The molecular formula is C29H31ClN2O3. The Bertz CT molecular complexity index is 1120. The van der Waals surface area contributed by atoms with E-state index in [1.54, 1.807) is 0 Å². The lowest BCUT2D eigenvalue weighted by Crippen LogP contribution is -3.00. The Labute approximate surface area is 213 Å². The molecule has 3 aliphatic heterocycles. The number of benzene rings is 3. The molecule has 3 aromatic carbocycles. The first kappa shape index (κ1) is 25.0. The van der Waals surface area contributed by atoms with Gasteiger partial charge in [-0.15, -0.1) is 0 Å². The van der Waals surface area contributed by atoms with Gasteiger partial charge >= 0.3 is 5.97 Å². The van der Waals surface area contributed by atoms with Crippen LogP contribution in [0.25, 0.3) is 0 Å². The molecule has 0 amide bonds. The van der Waals surface area contributed by atoms with Crippen molar-refractivity contribution in [1.29, 1.82) is 0 Å². The lowest BCUT2D eigenvalue weighted by atomic mass is 9.82. The van der Waals surface area contributed by atoms with Crippen LogP contribution in [-0.2, 0) is 9.53 Å². The number of ketones is 1. The van der Waals surface area contributed by atoms with Gasteiger partial charge in [-0.05, 0) is 17.7 Å². The number of hydrogen-bond donors (Lipinski definition) is 1.